The zero-order valence-electron chi connectivity index (χ0n) is 15.1. The van der Waals surface area contributed by atoms with Crippen LogP contribution in [0, 0.1) is 0 Å². The molecule has 0 amide bonds. The number of hydrogen-bond donors (Lipinski definition) is 1. The lowest BCUT2D eigenvalue weighted by Gasteiger charge is -2.41. The molecule has 3 rings (SSSR count). The second-order valence-corrected chi connectivity index (χ2v) is 7.02. The fraction of sp³-hybridized carbons (Fsp3) is 0.421. The number of benzene rings is 1. The number of rotatable bonds is 4. The van der Waals surface area contributed by atoms with Crippen LogP contribution < -0.4 is 5.32 Å². The number of carbonyl (C=O) groups excluding carboxylic acids is 1. The molecule has 5 nitrogen and oxygen atoms in total. The maximum absolute atomic E-state index is 12.7. The van der Waals surface area contributed by atoms with Crippen molar-refractivity contribution in [3.8, 4) is 0 Å². The van der Waals surface area contributed by atoms with Crippen LogP contribution in [0.1, 0.15) is 39.2 Å². The maximum atomic E-state index is 12.7. The van der Waals surface area contributed by atoms with Crippen molar-refractivity contribution >= 4 is 29.2 Å². The standard InChI is InChI=1S/C19H21Cl2NO4/c1-5-24-18(23)14-9(2)22-10(3)15(19-25-11(4)26-19)17(14)16-12(20)7-6-8-13(16)21/h6-8,11,17,19,22H,5H2,1-4H3. The first-order valence-corrected chi connectivity index (χ1v) is 9.21. The summed E-state index contributed by atoms with van der Waals surface area (Å²) in [6.45, 7) is 7.59. The summed E-state index contributed by atoms with van der Waals surface area (Å²) in [7, 11) is 0. The Balaban J connectivity index is 2.18. The van der Waals surface area contributed by atoms with Crippen molar-refractivity contribution in [1.29, 1.82) is 0 Å². The van der Waals surface area contributed by atoms with Crippen molar-refractivity contribution in [2.24, 2.45) is 0 Å². The van der Waals surface area contributed by atoms with Gasteiger partial charge in [0.15, 0.2) is 12.6 Å². The fourth-order valence-electron chi connectivity index (χ4n) is 3.39. The summed E-state index contributed by atoms with van der Waals surface area (Å²) in [4.78, 5) is 12.7. The quantitative estimate of drug-likeness (QED) is 0.757. The van der Waals surface area contributed by atoms with Crippen molar-refractivity contribution in [2.75, 3.05) is 6.61 Å². The molecule has 1 fully saturated rings. The lowest BCUT2D eigenvalue weighted by Crippen LogP contribution is -2.45. The summed E-state index contributed by atoms with van der Waals surface area (Å²) < 4.78 is 16.7. The number of dihydropyridines is 1. The van der Waals surface area contributed by atoms with E-state index in [4.69, 9.17) is 37.4 Å². The topological polar surface area (TPSA) is 56.8 Å². The summed E-state index contributed by atoms with van der Waals surface area (Å²) in [6.07, 6.45) is -0.881. The molecule has 0 bridgehead atoms. The highest BCUT2D eigenvalue weighted by Gasteiger charge is 2.43. The van der Waals surface area contributed by atoms with Crippen LogP contribution in [0.3, 0.4) is 0 Å². The molecule has 2 heterocycles. The summed E-state index contributed by atoms with van der Waals surface area (Å²) >= 11 is 13.0. The number of hydrogen-bond acceptors (Lipinski definition) is 5. The molecule has 26 heavy (non-hydrogen) atoms. The lowest BCUT2D eigenvalue weighted by molar-refractivity contribution is -0.360. The normalized spacial score (nSPS) is 25.7. The van der Waals surface area contributed by atoms with E-state index in [1.807, 2.05) is 20.8 Å². The second-order valence-electron chi connectivity index (χ2n) is 6.20. The summed E-state index contributed by atoms with van der Waals surface area (Å²) in [5.74, 6) is -0.940. The molecule has 0 spiro atoms. The number of ether oxygens (including phenoxy) is 3. The van der Waals surface area contributed by atoms with Gasteiger partial charge in [0.05, 0.1) is 12.2 Å². The molecule has 2 aliphatic heterocycles. The lowest BCUT2D eigenvalue weighted by atomic mass is 9.79. The van der Waals surface area contributed by atoms with Gasteiger partial charge in [-0.3, -0.25) is 0 Å². The molecule has 1 aromatic carbocycles. The Bertz CT molecular complexity index is 776. The molecule has 140 valence electrons. The molecular formula is C19H21Cl2NO4. The van der Waals surface area contributed by atoms with Gasteiger partial charge in [-0.25, -0.2) is 4.79 Å². The van der Waals surface area contributed by atoms with Gasteiger partial charge in [-0.05, 0) is 39.8 Å². The largest absolute Gasteiger partial charge is 0.463 e. The van der Waals surface area contributed by atoms with E-state index in [9.17, 15) is 4.79 Å². The van der Waals surface area contributed by atoms with Crippen LogP contribution in [0.2, 0.25) is 10.0 Å². The number of carbonyl (C=O) groups is 1. The summed E-state index contributed by atoms with van der Waals surface area (Å²) in [5.41, 5.74) is 3.40. The van der Waals surface area contributed by atoms with Crippen molar-refractivity contribution in [3.63, 3.8) is 0 Å². The highest BCUT2D eigenvalue weighted by atomic mass is 35.5. The number of esters is 1. The highest BCUT2D eigenvalue weighted by Crippen LogP contribution is 2.47. The van der Waals surface area contributed by atoms with Crippen LogP contribution in [-0.2, 0) is 19.0 Å². The molecule has 0 aliphatic carbocycles. The minimum atomic E-state index is -0.577. The molecule has 2 aliphatic rings. The number of allylic oxidation sites excluding steroid dienone is 2. The van der Waals surface area contributed by atoms with Crippen molar-refractivity contribution < 1.29 is 19.0 Å². The molecule has 1 atom stereocenters. The van der Waals surface area contributed by atoms with Gasteiger partial charge in [0.25, 0.3) is 0 Å². The van der Waals surface area contributed by atoms with Gasteiger partial charge in [0.1, 0.15) is 0 Å². The van der Waals surface area contributed by atoms with Gasteiger partial charge in [0.2, 0.25) is 0 Å². The first kappa shape index (κ1) is 19.2. The molecule has 1 aromatic rings. The van der Waals surface area contributed by atoms with Gasteiger partial charge in [-0.1, -0.05) is 29.3 Å². The third kappa shape index (κ3) is 3.37. The van der Waals surface area contributed by atoms with Gasteiger partial charge < -0.3 is 19.5 Å². The highest BCUT2D eigenvalue weighted by molar-refractivity contribution is 6.36. The van der Waals surface area contributed by atoms with Crippen LogP contribution in [-0.4, -0.2) is 25.2 Å². The van der Waals surface area contributed by atoms with Gasteiger partial charge in [-0.15, -0.1) is 0 Å². The first-order chi connectivity index (χ1) is 12.3. The Kier molecular flexibility index (Phi) is 5.63. The number of nitrogens with one attached hydrogen (secondary N) is 1. The van der Waals surface area contributed by atoms with Gasteiger partial charge in [0, 0.05) is 38.5 Å². The van der Waals surface area contributed by atoms with E-state index >= 15 is 0 Å². The van der Waals surface area contributed by atoms with E-state index in [0.717, 1.165) is 11.3 Å². The molecule has 0 saturated carbocycles. The van der Waals surface area contributed by atoms with Crippen LogP contribution in [0.15, 0.2) is 40.7 Å². The zero-order valence-corrected chi connectivity index (χ0v) is 16.6. The summed E-state index contributed by atoms with van der Waals surface area (Å²) in [5, 5.41) is 4.17. The van der Waals surface area contributed by atoms with E-state index in [0.29, 0.717) is 26.9 Å². The molecular weight excluding hydrogens is 377 g/mol. The maximum Gasteiger partial charge on any atom is 0.336 e. The van der Waals surface area contributed by atoms with Crippen molar-refractivity contribution in [1.82, 2.24) is 5.32 Å². The van der Waals surface area contributed by atoms with E-state index in [2.05, 4.69) is 5.32 Å². The SMILES string of the molecule is CCOC(=O)C1=C(C)NC(C)=C(C2OC(C)O2)C1c1c(Cl)cccc1Cl. The fourth-order valence-corrected chi connectivity index (χ4v) is 4.01. The monoisotopic (exact) mass is 397 g/mol. The Morgan fingerprint density at radius 2 is 1.81 bits per heavy atom. The average Bonchev–Trinajstić information content (AvgIpc) is 2.52. The predicted octanol–water partition coefficient (Wildman–Crippen LogP) is 4.51. The smallest absolute Gasteiger partial charge is 0.336 e. The van der Waals surface area contributed by atoms with Crippen LogP contribution in [0.5, 0.6) is 0 Å². The second kappa shape index (κ2) is 7.61. The molecule has 0 radical (unpaired) electrons. The Morgan fingerprint density at radius 3 is 2.35 bits per heavy atom. The Morgan fingerprint density at radius 1 is 1.19 bits per heavy atom. The van der Waals surface area contributed by atoms with Crippen LogP contribution in [0.25, 0.3) is 0 Å². The molecule has 1 N–H and O–H groups in total. The van der Waals surface area contributed by atoms with E-state index in [1.165, 1.54) is 0 Å². The van der Waals surface area contributed by atoms with E-state index in [-0.39, 0.29) is 12.9 Å². The zero-order chi connectivity index (χ0) is 19.0. The molecule has 0 aromatic heterocycles. The minimum absolute atomic E-state index is 0.268. The van der Waals surface area contributed by atoms with Crippen LogP contribution in [0.4, 0.5) is 0 Å². The van der Waals surface area contributed by atoms with Crippen molar-refractivity contribution in [3.05, 3.63) is 56.3 Å². The molecule has 7 heteroatoms. The Hall–Kier alpha value is -1.53. The van der Waals surface area contributed by atoms with E-state index in [1.54, 1.807) is 25.1 Å². The van der Waals surface area contributed by atoms with Crippen molar-refractivity contribution in [2.45, 2.75) is 46.2 Å². The minimum Gasteiger partial charge on any atom is -0.463 e. The third-order valence-corrected chi connectivity index (χ3v) is 5.14. The van der Waals surface area contributed by atoms with Gasteiger partial charge in [-0.2, -0.15) is 0 Å². The number of halogens is 2. The van der Waals surface area contributed by atoms with E-state index < -0.39 is 18.2 Å². The Labute approximate surface area is 162 Å². The first-order valence-electron chi connectivity index (χ1n) is 8.45. The third-order valence-electron chi connectivity index (χ3n) is 4.48. The van der Waals surface area contributed by atoms with Gasteiger partial charge >= 0.3 is 5.97 Å². The average molecular weight is 398 g/mol. The van der Waals surface area contributed by atoms with Crippen LogP contribution >= 0.6 is 23.2 Å². The predicted molar refractivity (Wildman–Crippen MR) is 99.8 cm³/mol. The molecule has 1 unspecified atom stereocenters. The summed E-state index contributed by atoms with van der Waals surface area (Å²) in [6, 6.07) is 5.27. The molecule has 1 saturated heterocycles.